The van der Waals surface area contributed by atoms with Crippen LogP contribution >= 0.6 is 11.8 Å². The number of benzene rings is 1. The largest absolute Gasteiger partial charge is 0.355 e. The Morgan fingerprint density at radius 1 is 1.30 bits per heavy atom. The van der Waals surface area contributed by atoms with E-state index in [1.807, 2.05) is 32.0 Å². The first kappa shape index (κ1) is 18.9. The third-order valence-electron chi connectivity index (χ3n) is 4.37. The molecule has 2 aromatic heterocycles. The average Bonchev–Trinajstić information content (AvgIpc) is 3.09. The van der Waals surface area contributed by atoms with E-state index in [0.29, 0.717) is 30.6 Å². The van der Waals surface area contributed by atoms with Gasteiger partial charge in [-0.25, -0.2) is 9.50 Å². The summed E-state index contributed by atoms with van der Waals surface area (Å²) in [6.07, 6.45) is 2.52. The van der Waals surface area contributed by atoms with Crippen molar-refractivity contribution in [1.29, 1.82) is 5.26 Å². The lowest BCUT2D eigenvalue weighted by atomic mass is 10.1. The van der Waals surface area contributed by atoms with Crippen molar-refractivity contribution in [2.45, 2.75) is 31.6 Å². The van der Waals surface area contributed by atoms with Gasteiger partial charge in [-0.15, -0.1) is 11.8 Å². The summed E-state index contributed by atoms with van der Waals surface area (Å²) in [5.74, 6) is 0.867. The number of aryl methyl sites for hydroxylation is 2. The molecular formula is C20H21N5OS. The maximum atomic E-state index is 12.2. The van der Waals surface area contributed by atoms with Gasteiger partial charge >= 0.3 is 0 Å². The van der Waals surface area contributed by atoms with Gasteiger partial charge in [0.1, 0.15) is 11.6 Å². The van der Waals surface area contributed by atoms with Crippen molar-refractivity contribution in [3.05, 3.63) is 59.0 Å². The third-order valence-corrected chi connectivity index (χ3v) is 5.38. The second-order valence-corrected chi connectivity index (χ2v) is 7.35. The van der Waals surface area contributed by atoms with Gasteiger partial charge in [-0.3, -0.25) is 4.79 Å². The summed E-state index contributed by atoms with van der Waals surface area (Å²) < 4.78 is 1.68. The molecule has 0 aliphatic rings. The van der Waals surface area contributed by atoms with Gasteiger partial charge in [0.2, 0.25) is 5.91 Å². The first-order valence-corrected chi connectivity index (χ1v) is 9.77. The van der Waals surface area contributed by atoms with E-state index in [4.69, 9.17) is 5.26 Å². The lowest BCUT2D eigenvalue weighted by molar-refractivity contribution is -0.120. The number of carbonyl (C=O) groups is 1. The van der Waals surface area contributed by atoms with Crippen LogP contribution in [-0.2, 0) is 11.2 Å². The minimum atomic E-state index is 0.0285. The van der Waals surface area contributed by atoms with Crippen LogP contribution in [0.2, 0.25) is 0 Å². The van der Waals surface area contributed by atoms with Crippen molar-refractivity contribution >= 4 is 23.3 Å². The van der Waals surface area contributed by atoms with Crippen LogP contribution in [0.1, 0.15) is 28.9 Å². The zero-order valence-electron chi connectivity index (χ0n) is 15.4. The predicted molar refractivity (Wildman–Crippen MR) is 106 cm³/mol. The Kier molecular flexibility index (Phi) is 6.09. The Morgan fingerprint density at radius 3 is 2.81 bits per heavy atom. The summed E-state index contributed by atoms with van der Waals surface area (Å²) in [6.45, 7) is 4.49. The van der Waals surface area contributed by atoms with Gasteiger partial charge in [0.05, 0.1) is 6.20 Å². The number of thioether (sulfide) groups is 1. The van der Waals surface area contributed by atoms with E-state index in [2.05, 4.69) is 33.6 Å². The molecule has 0 saturated carbocycles. The normalized spacial score (nSPS) is 10.7. The molecule has 3 rings (SSSR count). The highest BCUT2D eigenvalue weighted by Crippen LogP contribution is 2.18. The molecule has 0 bridgehead atoms. The smallest absolute Gasteiger partial charge is 0.220 e. The Morgan fingerprint density at radius 2 is 2.07 bits per heavy atom. The van der Waals surface area contributed by atoms with Gasteiger partial charge in [0.25, 0.3) is 0 Å². The van der Waals surface area contributed by atoms with Crippen LogP contribution in [-0.4, -0.2) is 32.8 Å². The van der Waals surface area contributed by atoms with E-state index in [0.717, 1.165) is 22.7 Å². The number of nitriles is 1. The van der Waals surface area contributed by atoms with E-state index in [1.165, 1.54) is 11.1 Å². The van der Waals surface area contributed by atoms with Gasteiger partial charge in [0, 0.05) is 35.0 Å². The summed E-state index contributed by atoms with van der Waals surface area (Å²) >= 11 is 1.72. The van der Waals surface area contributed by atoms with E-state index >= 15 is 0 Å². The molecule has 0 unspecified atom stereocenters. The average molecular weight is 379 g/mol. The molecule has 1 amide bonds. The maximum Gasteiger partial charge on any atom is 0.220 e. The van der Waals surface area contributed by atoms with Crippen molar-refractivity contribution in [2.75, 3.05) is 12.3 Å². The first-order chi connectivity index (χ1) is 13.1. The number of hydrogen-bond acceptors (Lipinski definition) is 5. The molecule has 1 aromatic carbocycles. The molecule has 0 spiro atoms. The summed E-state index contributed by atoms with van der Waals surface area (Å²) in [6, 6.07) is 12.2. The molecule has 6 nitrogen and oxygen atoms in total. The van der Waals surface area contributed by atoms with Crippen LogP contribution < -0.4 is 5.32 Å². The maximum absolute atomic E-state index is 12.2. The lowest BCUT2D eigenvalue weighted by Gasteiger charge is -2.11. The van der Waals surface area contributed by atoms with Crippen molar-refractivity contribution in [3.8, 4) is 6.07 Å². The number of carbonyl (C=O) groups excluding carboxylic acids is 1. The Balaban J connectivity index is 1.53. The SMILES string of the molecule is Cc1nc2c(C#N)cnn2c(C)c1CCC(=O)NCCSc1ccccc1. The summed E-state index contributed by atoms with van der Waals surface area (Å²) in [5.41, 5.74) is 3.79. The van der Waals surface area contributed by atoms with E-state index < -0.39 is 0 Å². The summed E-state index contributed by atoms with van der Waals surface area (Å²) in [4.78, 5) is 17.9. The van der Waals surface area contributed by atoms with Crippen LogP contribution in [0.4, 0.5) is 0 Å². The topological polar surface area (TPSA) is 83.1 Å². The molecule has 0 atom stereocenters. The zero-order valence-corrected chi connectivity index (χ0v) is 16.2. The Hall–Kier alpha value is -2.85. The van der Waals surface area contributed by atoms with E-state index in [1.54, 1.807) is 16.3 Å². The van der Waals surface area contributed by atoms with Crippen molar-refractivity contribution in [1.82, 2.24) is 19.9 Å². The number of hydrogen-bond donors (Lipinski definition) is 1. The van der Waals surface area contributed by atoms with E-state index in [-0.39, 0.29) is 5.91 Å². The second kappa shape index (κ2) is 8.69. The molecule has 0 radical (unpaired) electrons. The molecule has 1 N–H and O–H groups in total. The summed E-state index contributed by atoms with van der Waals surface area (Å²) in [5, 5.41) is 16.3. The van der Waals surface area contributed by atoms with Gasteiger partial charge in [-0.05, 0) is 38.0 Å². The van der Waals surface area contributed by atoms with Gasteiger partial charge < -0.3 is 5.32 Å². The number of fused-ring (bicyclic) bond motifs is 1. The molecule has 0 saturated heterocycles. The van der Waals surface area contributed by atoms with Crippen molar-refractivity contribution in [2.24, 2.45) is 0 Å². The highest BCUT2D eigenvalue weighted by atomic mass is 32.2. The molecule has 3 aromatic rings. The number of nitrogens with zero attached hydrogens (tertiary/aromatic N) is 4. The van der Waals surface area contributed by atoms with Gasteiger partial charge in [0.15, 0.2) is 5.65 Å². The van der Waals surface area contributed by atoms with Crippen LogP contribution in [0.5, 0.6) is 0 Å². The zero-order chi connectivity index (χ0) is 19.2. The third kappa shape index (κ3) is 4.47. The van der Waals surface area contributed by atoms with E-state index in [9.17, 15) is 4.79 Å². The highest BCUT2D eigenvalue weighted by molar-refractivity contribution is 7.99. The minimum absolute atomic E-state index is 0.0285. The number of aromatic nitrogens is 3. The molecule has 0 fully saturated rings. The van der Waals surface area contributed by atoms with Crippen LogP contribution in [0.3, 0.4) is 0 Å². The number of rotatable bonds is 7. The van der Waals surface area contributed by atoms with Gasteiger partial charge in [-0.2, -0.15) is 10.4 Å². The Bertz CT molecular complexity index is 991. The molecular weight excluding hydrogens is 358 g/mol. The molecule has 0 aliphatic heterocycles. The quantitative estimate of drug-likeness (QED) is 0.504. The standard InChI is InChI=1S/C20H21N5OS/c1-14-18(15(2)25-20(24-14)16(12-21)13-23-25)8-9-19(26)22-10-11-27-17-6-4-3-5-7-17/h3-7,13H,8-11H2,1-2H3,(H,22,26). The predicted octanol–water partition coefficient (Wildman–Crippen LogP) is 3.06. The fourth-order valence-corrected chi connectivity index (χ4v) is 3.74. The lowest BCUT2D eigenvalue weighted by Crippen LogP contribution is -2.26. The van der Waals surface area contributed by atoms with Crippen LogP contribution in [0.25, 0.3) is 5.65 Å². The highest BCUT2D eigenvalue weighted by Gasteiger charge is 2.14. The second-order valence-electron chi connectivity index (χ2n) is 6.18. The molecule has 27 heavy (non-hydrogen) atoms. The van der Waals surface area contributed by atoms with Crippen molar-refractivity contribution in [3.63, 3.8) is 0 Å². The molecule has 2 heterocycles. The number of nitrogens with one attached hydrogen (secondary N) is 1. The van der Waals surface area contributed by atoms with Crippen LogP contribution in [0.15, 0.2) is 41.4 Å². The number of amides is 1. The Labute approximate surface area is 162 Å². The summed E-state index contributed by atoms with van der Waals surface area (Å²) in [7, 11) is 0. The minimum Gasteiger partial charge on any atom is -0.355 e. The first-order valence-electron chi connectivity index (χ1n) is 8.78. The fraction of sp³-hybridized carbons (Fsp3) is 0.300. The fourth-order valence-electron chi connectivity index (χ4n) is 2.95. The monoisotopic (exact) mass is 379 g/mol. The van der Waals surface area contributed by atoms with Gasteiger partial charge in [-0.1, -0.05) is 18.2 Å². The van der Waals surface area contributed by atoms with Crippen molar-refractivity contribution < 1.29 is 4.79 Å². The molecule has 0 aliphatic carbocycles. The molecule has 138 valence electrons. The molecule has 7 heteroatoms. The van der Waals surface area contributed by atoms with Crippen LogP contribution in [0, 0.1) is 25.2 Å².